The molecular weight excluding hydrogens is 180 g/mol. The summed E-state index contributed by atoms with van der Waals surface area (Å²) < 4.78 is 0. The zero-order valence-electron chi connectivity index (χ0n) is 5.94. The van der Waals surface area contributed by atoms with E-state index in [0.29, 0.717) is 12.5 Å². The summed E-state index contributed by atoms with van der Waals surface area (Å²) in [5.41, 5.74) is 0. The first-order chi connectivity index (χ1) is 4.31. The summed E-state index contributed by atoms with van der Waals surface area (Å²) in [6, 6.07) is 0. The van der Waals surface area contributed by atoms with E-state index in [4.69, 9.17) is 5.11 Å². The van der Waals surface area contributed by atoms with Crippen LogP contribution in [0, 0.1) is 5.92 Å². The fraction of sp³-hybridized carbons (Fsp3) is 1.00. The molecule has 1 N–H and O–H groups in total. The van der Waals surface area contributed by atoms with E-state index >= 15 is 0 Å². The quantitative estimate of drug-likeness (QED) is 0.526. The molecule has 1 nitrogen and oxygen atoms in total. The molecule has 2 heteroatoms. The third-order valence-electron chi connectivity index (χ3n) is 1.39. The summed E-state index contributed by atoms with van der Waals surface area (Å²) in [5, 5.41) is 9.71. The lowest BCUT2D eigenvalue weighted by molar-refractivity contribution is 0.228. The van der Waals surface area contributed by atoms with Gasteiger partial charge in [-0.25, -0.2) is 0 Å². The Morgan fingerprint density at radius 1 is 1.44 bits per heavy atom. The van der Waals surface area contributed by atoms with Crippen molar-refractivity contribution in [3.63, 3.8) is 0 Å². The van der Waals surface area contributed by atoms with Gasteiger partial charge in [-0.3, -0.25) is 0 Å². The highest BCUT2D eigenvalue weighted by Crippen LogP contribution is 2.07. The first-order valence-electron chi connectivity index (χ1n) is 3.48. The molecule has 0 fully saturated rings. The van der Waals surface area contributed by atoms with Crippen molar-refractivity contribution in [2.45, 2.75) is 26.2 Å². The van der Waals surface area contributed by atoms with E-state index in [0.717, 1.165) is 11.8 Å². The number of unbranched alkanes of at least 4 members (excludes halogenated alkanes) is 1. The van der Waals surface area contributed by atoms with Gasteiger partial charge >= 0.3 is 0 Å². The van der Waals surface area contributed by atoms with E-state index in [9.17, 15) is 0 Å². The van der Waals surface area contributed by atoms with E-state index in [-0.39, 0.29) is 0 Å². The predicted octanol–water partition coefficient (Wildman–Crippen LogP) is 2.18. The van der Waals surface area contributed by atoms with Gasteiger partial charge in [0.1, 0.15) is 0 Å². The first-order valence-corrected chi connectivity index (χ1v) is 4.60. The Morgan fingerprint density at radius 2 is 2.11 bits per heavy atom. The Bertz CT molecular complexity index is 56.9. The van der Waals surface area contributed by atoms with Crippen LogP contribution in [0.5, 0.6) is 0 Å². The maximum Gasteiger partial charge on any atom is 0.0456 e. The molecule has 0 heterocycles. The van der Waals surface area contributed by atoms with Crippen LogP contribution >= 0.6 is 15.9 Å². The van der Waals surface area contributed by atoms with Crippen molar-refractivity contribution in [3.8, 4) is 0 Å². The van der Waals surface area contributed by atoms with E-state index in [2.05, 4.69) is 22.9 Å². The molecule has 56 valence electrons. The van der Waals surface area contributed by atoms with Crippen LogP contribution in [0.1, 0.15) is 26.2 Å². The van der Waals surface area contributed by atoms with Crippen LogP contribution in [0.25, 0.3) is 0 Å². The van der Waals surface area contributed by atoms with Crippen molar-refractivity contribution in [2.75, 3.05) is 11.9 Å². The van der Waals surface area contributed by atoms with Crippen LogP contribution in [0.15, 0.2) is 0 Å². The Balaban J connectivity index is 2.88. The van der Waals surface area contributed by atoms with Crippen molar-refractivity contribution in [3.05, 3.63) is 0 Å². The third kappa shape index (κ3) is 6.32. The summed E-state index contributed by atoms with van der Waals surface area (Å²) in [6.07, 6.45) is 3.61. The van der Waals surface area contributed by atoms with Gasteiger partial charge in [-0.1, -0.05) is 29.3 Å². The highest BCUT2D eigenvalue weighted by atomic mass is 79.9. The second-order valence-corrected chi connectivity index (χ2v) is 3.27. The molecule has 0 bridgehead atoms. The fourth-order valence-electron chi connectivity index (χ4n) is 0.679. The number of hydrogen-bond acceptors (Lipinski definition) is 1. The molecule has 0 amide bonds. The third-order valence-corrected chi connectivity index (χ3v) is 1.95. The second kappa shape index (κ2) is 6.56. The molecule has 0 aromatic rings. The van der Waals surface area contributed by atoms with Gasteiger partial charge in [0.05, 0.1) is 0 Å². The van der Waals surface area contributed by atoms with Gasteiger partial charge in [0.25, 0.3) is 0 Å². The molecule has 0 radical (unpaired) electrons. The number of rotatable bonds is 5. The maximum atomic E-state index is 8.62. The molecule has 1 atom stereocenters. The average Bonchev–Trinajstić information content (AvgIpc) is 1.89. The summed E-state index contributed by atoms with van der Waals surface area (Å²) in [7, 11) is 0. The van der Waals surface area contributed by atoms with E-state index in [1.54, 1.807) is 0 Å². The molecular formula is C7H15BrO. The van der Waals surface area contributed by atoms with Gasteiger partial charge in [0.2, 0.25) is 0 Å². The Morgan fingerprint density at radius 3 is 2.56 bits per heavy atom. The lowest BCUT2D eigenvalue weighted by atomic mass is 10.1. The number of alkyl halides is 1. The topological polar surface area (TPSA) is 20.2 Å². The van der Waals surface area contributed by atoms with E-state index in [1.807, 2.05) is 0 Å². The normalized spacial score (nSPS) is 13.7. The summed E-state index contributed by atoms with van der Waals surface area (Å²) >= 11 is 3.36. The molecule has 0 aliphatic rings. The molecule has 0 aliphatic carbocycles. The number of halogens is 1. The minimum atomic E-state index is 0.336. The van der Waals surface area contributed by atoms with Crippen molar-refractivity contribution in [1.82, 2.24) is 0 Å². The minimum Gasteiger partial charge on any atom is -0.396 e. The monoisotopic (exact) mass is 194 g/mol. The van der Waals surface area contributed by atoms with Crippen LogP contribution in [-0.2, 0) is 0 Å². The van der Waals surface area contributed by atoms with Crippen LogP contribution in [0.2, 0.25) is 0 Å². The fourth-order valence-corrected chi connectivity index (χ4v) is 1.08. The molecule has 0 saturated heterocycles. The molecule has 0 rings (SSSR count). The highest BCUT2D eigenvalue weighted by molar-refractivity contribution is 9.09. The number of hydrogen-bond donors (Lipinski definition) is 1. The number of aliphatic hydroxyl groups excluding tert-OH is 1. The standard InChI is InChI=1S/C7H15BrO/c1-7(6-9)4-2-3-5-8/h7,9H,2-6H2,1H3. The Labute approximate surface area is 65.6 Å². The Hall–Kier alpha value is 0.440. The van der Waals surface area contributed by atoms with E-state index < -0.39 is 0 Å². The van der Waals surface area contributed by atoms with Crippen molar-refractivity contribution in [2.24, 2.45) is 5.92 Å². The smallest absolute Gasteiger partial charge is 0.0456 e. The summed E-state index contributed by atoms with van der Waals surface area (Å²) in [5.74, 6) is 0.490. The lowest BCUT2D eigenvalue weighted by Gasteiger charge is -2.04. The van der Waals surface area contributed by atoms with Gasteiger partial charge in [0, 0.05) is 11.9 Å². The second-order valence-electron chi connectivity index (χ2n) is 2.47. The van der Waals surface area contributed by atoms with Gasteiger partial charge in [-0.2, -0.15) is 0 Å². The van der Waals surface area contributed by atoms with Crippen molar-refractivity contribution < 1.29 is 5.11 Å². The van der Waals surface area contributed by atoms with E-state index in [1.165, 1.54) is 12.8 Å². The molecule has 0 aromatic heterocycles. The van der Waals surface area contributed by atoms with Gasteiger partial charge < -0.3 is 5.11 Å². The first kappa shape index (κ1) is 9.44. The maximum absolute atomic E-state index is 8.62. The van der Waals surface area contributed by atoms with Crippen LogP contribution < -0.4 is 0 Å². The number of aliphatic hydroxyl groups is 1. The van der Waals surface area contributed by atoms with Gasteiger partial charge in [-0.05, 0) is 18.8 Å². The average molecular weight is 195 g/mol. The zero-order valence-corrected chi connectivity index (χ0v) is 7.52. The molecule has 0 spiro atoms. The summed E-state index contributed by atoms with van der Waals surface area (Å²) in [6.45, 7) is 2.41. The van der Waals surface area contributed by atoms with Gasteiger partial charge in [-0.15, -0.1) is 0 Å². The Kier molecular flexibility index (Phi) is 6.88. The van der Waals surface area contributed by atoms with Crippen molar-refractivity contribution in [1.29, 1.82) is 0 Å². The molecule has 0 saturated carbocycles. The molecule has 1 unspecified atom stereocenters. The van der Waals surface area contributed by atoms with Crippen molar-refractivity contribution >= 4 is 15.9 Å². The SMILES string of the molecule is CC(CO)CCCCBr. The predicted molar refractivity (Wildman–Crippen MR) is 43.9 cm³/mol. The van der Waals surface area contributed by atoms with Crippen LogP contribution in [0.3, 0.4) is 0 Å². The van der Waals surface area contributed by atoms with Crippen LogP contribution in [0.4, 0.5) is 0 Å². The molecule has 0 aromatic carbocycles. The minimum absolute atomic E-state index is 0.336. The lowest BCUT2D eigenvalue weighted by Crippen LogP contribution is -1.99. The molecule has 9 heavy (non-hydrogen) atoms. The largest absolute Gasteiger partial charge is 0.396 e. The van der Waals surface area contributed by atoms with Gasteiger partial charge in [0.15, 0.2) is 0 Å². The molecule has 0 aliphatic heterocycles. The summed E-state index contributed by atoms with van der Waals surface area (Å²) in [4.78, 5) is 0. The highest BCUT2D eigenvalue weighted by Gasteiger charge is 1.97. The zero-order chi connectivity index (χ0) is 7.11. The van der Waals surface area contributed by atoms with Crippen LogP contribution in [-0.4, -0.2) is 17.0 Å².